The van der Waals surface area contributed by atoms with Gasteiger partial charge < -0.3 is 5.32 Å². The number of halogens is 4. The van der Waals surface area contributed by atoms with Crippen LogP contribution in [0.3, 0.4) is 0 Å². The van der Waals surface area contributed by atoms with Gasteiger partial charge >= 0.3 is 6.18 Å². The molecule has 0 aliphatic rings. The number of hydrogen-bond acceptors (Lipinski definition) is 5. The number of hydrogen-bond donors (Lipinski definition) is 1. The van der Waals surface area contributed by atoms with Crippen LogP contribution in [0.5, 0.6) is 0 Å². The molecule has 2 rings (SSSR count). The maximum atomic E-state index is 12.9. The van der Waals surface area contributed by atoms with E-state index in [1.807, 2.05) is 13.8 Å². The maximum absolute atomic E-state index is 12.9. The molecule has 1 aromatic carbocycles. The van der Waals surface area contributed by atoms with Crippen LogP contribution in [-0.2, 0) is 6.18 Å². The molecule has 2 aromatic rings. The number of alkyl halides is 3. The first-order chi connectivity index (χ1) is 11.2. The molecule has 1 N–H and O–H groups in total. The van der Waals surface area contributed by atoms with E-state index in [1.165, 1.54) is 18.2 Å². The fourth-order valence-electron chi connectivity index (χ4n) is 1.69. The lowest BCUT2D eigenvalue weighted by atomic mass is 10.2. The first-order valence-corrected chi connectivity index (χ1v) is 7.18. The van der Waals surface area contributed by atoms with Crippen LogP contribution in [0, 0.1) is 17.0 Å². The van der Waals surface area contributed by atoms with Crippen LogP contribution in [0.4, 0.5) is 30.4 Å². The summed E-state index contributed by atoms with van der Waals surface area (Å²) in [5, 5.41) is 12.9. The summed E-state index contributed by atoms with van der Waals surface area (Å²) in [6.07, 6.45) is -4.22. The second-order valence-electron chi connectivity index (χ2n) is 4.30. The van der Waals surface area contributed by atoms with Crippen molar-refractivity contribution in [3.8, 4) is 0 Å². The molecule has 0 aliphatic carbocycles. The van der Waals surface area contributed by atoms with Gasteiger partial charge in [0, 0.05) is 12.3 Å². The van der Waals surface area contributed by atoms with E-state index in [1.54, 1.807) is 6.92 Å². The number of nitrogens with one attached hydrogen (secondary N) is 1. The zero-order valence-electron chi connectivity index (χ0n) is 13.0. The van der Waals surface area contributed by atoms with E-state index in [4.69, 9.17) is 11.6 Å². The average molecular weight is 363 g/mol. The molecule has 0 spiro atoms. The maximum Gasteiger partial charge on any atom is 0.421 e. The van der Waals surface area contributed by atoms with Crippen molar-refractivity contribution in [1.82, 2.24) is 9.97 Å². The minimum atomic E-state index is -4.73. The summed E-state index contributed by atoms with van der Waals surface area (Å²) in [5.41, 5.74) is -1.08. The second-order valence-corrected chi connectivity index (χ2v) is 4.64. The van der Waals surface area contributed by atoms with Crippen LogP contribution in [0.2, 0.25) is 5.28 Å². The summed E-state index contributed by atoms with van der Waals surface area (Å²) in [7, 11) is 0. The van der Waals surface area contributed by atoms with Crippen molar-refractivity contribution in [1.29, 1.82) is 0 Å². The predicted octanol–water partition coefficient (Wildman–Crippen LogP) is 5.14. The largest absolute Gasteiger partial charge is 0.421 e. The van der Waals surface area contributed by atoms with Crippen LogP contribution < -0.4 is 5.32 Å². The molecule has 1 heterocycles. The summed E-state index contributed by atoms with van der Waals surface area (Å²) < 4.78 is 38.7. The molecule has 0 radical (unpaired) electrons. The third-order valence-electron chi connectivity index (χ3n) is 2.67. The minimum Gasteiger partial charge on any atom is -0.334 e. The van der Waals surface area contributed by atoms with Gasteiger partial charge in [-0.05, 0) is 30.2 Å². The third kappa shape index (κ3) is 4.79. The van der Waals surface area contributed by atoms with Gasteiger partial charge in [0.25, 0.3) is 5.69 Å². The zero-order chi connectivity index (χ0) is 18.5. The number of nitro benzene ring substituents is 1. The van der Waals surface area contributed by atoms with Crippen LogP contribution >= 0.6 is 11.6 Å². The first kappa shape index (κ1) is 19.6. The van der Waals surface area contributed by atoms with Crippen LogP contribution in [-0.4, -0.2) is 14.9 Å². The van der Waals surface area contributed by atoms with E-state index >= 15 is 0 Å². The molecule has 10 heteroatoms. The standard InChI is InChI=1S/C12H8ClF3N4O2.C2H6/c1-6-2-3-8(9(4-6)20(21)22)18-10-7(12(14,15)16)5-17-11(13)19-10;1-2/h2-5H,1H3,(H,17,18,19);1-2H3. The van der Waals surface area contributed by atoms with E-state index < -0.39 is 27.8 Å². The molecule has 0 aliphatic heterocycles. The van der Waals surface area contributed by atoms with Crippen molar-refractivity contribution in [2.24, 2.45) is 0 Å². The molecule has 0 fully saturated rings. The fraction of sp³-hybridized carbons (Fsp3) is 0.286. The number of benzene rings is 1. The average Bonchev–Trinajstić information content (AvgIpc) is 2.49. The summed E-state index contributed by atoms with van der Waals surface area (Å²) in [4.78, 5) is 17.0. The SMILES string of the molecule is CC.Cc1ccc(Nc2nc(Cl)ncc2C(F)(F)F)c([N+](=O)[O-])c1. The molecular formula is C14H14ClF3N4O2. The van der Waals surface area contributed by atoms with Gasteiger partial charge in [0.1, 0.15) is 17.1 Å². The van der Waals surface area contributed by atoms with Gasteiger partial charge in [-0.15, -0.1) is 0 Å². The number of rotatable bonds is 3. The van der Waals surface area contributed by atoms with Crippen molar-refractivity contribution in [2.45, 2.75) is 26.9 Å². The van der Waals surface area contributed by atoms with Crippen LogP contribution in [0.25, 0.3) is 0 Å². The molecule has 0 saturated carbocycles. The Hall–Kier alpha value is -2.42. The number of aryl methyl sites for hydroxylation is 1. The van der Waals surface area contributed by atoms with Crippen LogP contribution in [0.15, 0.2) is 24.4 Å². The van der Waals surface area contributed by atoms with Gasteiger partial charge in [-0.1, -0.05) is 19.9 Å². The highest BCUT2D eigenvalue weighted by Gasteiger charge is 2.35. The number of nitro groups is 1. The highest BCUT2D eigenvalue weighted by atomic mass is 35.5. The van der Waals surface area contributed by atoms with Gasteiger partial charge in [0.05, 0.1) is 4.92 Å². The molecule has 0 atom stereocenters. The lowest BCUT2D eigenvalue weighted by Gasteiger charge is -2.13. The Labute approximate surface area is 140 Å². The molecule has 0 bridgehead atoms. The van der Waals surface area contributed by atoms with E-state index in [9.17, 15) is 23.3 Å². The van der Waals surface area contributed by atoms with Crippen molar-refractivity contribution in [3.05, 3.63) is 50.9 Å². The third-order valence-corrected chi connectivity index (χ3v) is 2.85. The number of anilines is 2. The summed E-state index contributed by atoms with van der Waals surface area (Å²) in [6, 6.07) is 4.05. The van der Waals surface area contributed by atoms with Crippen molar-refractivity contribution in [3.63, 3.8) is 0 Å². The normalized spacial score (nSPS) is 10.6. The quantitative estimate of drug-likeness (QED) is 0.464. The number of aromatic nitrogens is 2. The van der Waals surface area contributed by atoms with Gasteiger partial charge in [-0.3, -0.25) is 10.1 Å². The smallest absolute Gasteiger partial charge is 0.334 e. The molecule has 0 unspecified atom stereocenters. The zero-order valence-corrected chi connectivity index (χ0v) is 13.7. The Morgan fingerprint density at radius 3 is 2.46 bits per heavy atom. The summed E-state index contributed by atoms with van der Waals surface area (Å²) >= 11 is 5.50. The Bertz CT molecular complexity index is 738. The molecule has 24 heavy (non-hydrogen) atoms. The lowest BCUT2D eigenvalue weighted by molar-refractivity contribution is -0.384. The van der Waals surface area contributed by atoms with Gasteiger partial charge in [0.2, 0.25) is 5.28 Å². The van der Waals surface area contributed by atoms with Crippen LogP contribution in [0.1, 0.15) is 25.0 Å². The molecule has 1 aromatic heterocycles. The Balaban J connectivity index is 0.00000139. The first-order valence-electron chi connectivity index (χ1n) is 6.80. The number of nitrogens with zero attached hydrogens (tertiary/aromatic N) is 3. The Kier molecular flexibility index (Phi) is 6.47. The van der Waals surface area contributed by atoms with E-state index in [0.29, 0.717) is 11.8 Å². The van der Waals surface area contributed by atoms with Gasteiger partial charge in [-0.2, -0.15) is 18.2 Å². The molecule has 0 amide bonds. The Morgan fingerprint density at radius 1 is 1.29 bits per heavy atom. The fourth-order valence-corrected chi connectivity index (χ4v) is 1.82. The van der Waals surface area contributed by atoms with E-state index in [-0.39, 0.29) is 11.4 Å². The van der Waals surface area contributed by atoms with Crippen molar-refractivity contribution < 1.29 is 18.1 Å². The molecular weight excluding hydrogens is 349 g/mol. The summed E-state index contributed by atoms with van der Waals surface area (Å²) in [6.45, 7) is 5.62. The van der Waals surface area contributed by atoms with Crippen molar-refractivity contribution >= 4 is 28.8 Å². The van der Waals surface area contributed by atoms with Gasteiger partial charge in [0.15, 0.2) is 0 Å². The Morgan fingerprint density at radius 2 is 1.92 bits per heavy atom. The van der Waals surface area contributed by atoms with Gasteiger partial charge in [-0.25, -0.2) is 4.98 Å². The predicted molar refractivity (Wildman–Crippen MR) is 84.5 cm³/mol. The molecule has 0 saturated heterocycles. The summed E-state index contributed by atoms with van der Waals surface area (Å²) in [5.74, 6) is -0.653. The van der Waals surface area contributed by atoms with E-state index in [0.717, 1.165) is 0 Å². The van der Waals surface area contributed by atoms with E-state index in [2.05, 4.69) is 15.3 Å². The monoisotopic (exact) mass is 362 g/mol. The molecule has 6 nitrogen and oxygen atoms in total. The van der Waals surface area contributed by atoms with Crippen molar-refractivity contribution in [2.75, 3.05) is 5.32 Å². The second kappa shape index (κ2) is 7.91. The highest BCUT2D eigenvalue weighted by molar-refractivity contribution is 6.28. The minimum absolute atomic E-state index is 0.129. The lowest BCUT2D eigenvalue weighted by Crippen LogP contribution is -2.12. The highest BCUT2D eigenvalue weighted by Crippen LogP contribution is 2.36. The topological polar surface area (TPSA) is 81.0 Å². The molecule has 130 valence electrons.